The van der Waals surface area contributed by atoms with Gasteiger partial charge in [-0.2, -0.15) is 0 Å². The highest BCUT2D eigenvalue weighted by Crippen LogP contribution is 2.24. The molecule has 2 fully saturated rings. The Kier molecular flexibility index (Phi) is 8.46. The lowest BCUT2D eigenvalue weighted by molar-refractivity contribution is -0.0623. The van der Waals surface area contributed by atoms with Crippen LogP contribution in [0.15, 0.2) is 48.5 Å². The fourth-order valence-corrected chi connectivity index (χ4v) is 5.01. The number of hydrogen-bond donors (Lipinski definition) is 2. The second kappa shape index (κ2) is 11.7. The number of rotatable bonds is 7. The number of piperidine rings is 1. The minimum atomic E-state index is -1.13. The van der Waals surface area contributed by atoms with Crippen LogP contribution in [0.25, 0.3) is 0 Å². The highest BCUT2D eigenvalue weighted by molar-refractivity contribution is 5.96. The molecule has 2 heterocycles. The first-order chi connectivity index (χ1) is 16.9. The molecular formula is C27H33F2N3O3. The van der Waals surface area contributed by atoms with Crippen LogP contribution in [0.3, 0.4) is 0 Å². The maximum atomic E-state index is 14.2. The number of hydrogen-bond acceptors (Lipinski definition) is 4. The predicted molar refractivity (Wildman–Crippen MR) is 131 cm³/mol. The van der Waals surface area contributed by atoms with Crippen LogP contribution in [-0.2, 0) is 11.2 Å². The number of amides is 2. The van der Waals surface area contributed by atoms with Crippen molar-refractivity contribution in [3.8, 4) is 0 Å². The Labute approximate surface area is 205 Å². The maximum absolute atomic E-state index is 14.2. The van der Waals surface area contributed by atoms with Crippen molar-refractivity contribution < 1.29 is 23.1 Å². The van der Waals surface area contributed by atoms with E-state index in [0.717, 1.165) is 37.9 Å². The summed E-state index contributed by atoms with van der Waals surface area (Å²) in [5.41, 5.74) is 2.13. The summed E-state index contributed by atoms with van der Waals surface area (Å²) in [5, 5.41) is 5.62. The van der Waals surface area contributed by atoms with Gasteiger partial charge in [0.15, 0.2) is 5.78 Å². The van der Waals surface area contributed by atoms with E-state index in [4.69, 9.17) is 4.74 Å². The first kappa shape index (κ1) is 25.3. The smallest absolute Gasteiger partial charge is 0.319 e. The van der Waals surface area contributed by atoms with Gasteiger partial charge in [0, 0.05) is 30.8 Å². The molecule has 188 valence electrons. The average molecular weight is 486 g/mol. The van der Waals surface area contributed by atoms with Gasteiger partial charge in [-0.15, -0.1) is 0 Å². The number of benzene rings is 2. The molecule has 2 N–H and O–H groups in total. The molecule has 2 amide bonds. The molecular weight excluding hydrogens is 452 g/mol. The fourth-order valence-electron chi connectivity index (χ4n) is 5.01. The van der Waals surface area contributed by atoms with Crippen molar-refractivity contribution in [2.24, 2.45) is 5.92 Å². The van der Waals surface area contributed by atoms with Gasteiger partial charge in [-0.05, 0) is 68.5 Å². The number of Topliss-reactive ketones (excluding diaryl/α,β-unsaturated/α-hetero) is 1. The van der Waals surface area contributed by atoms with Crippen LogP contribution in [-0.4, -0.2) is 61.3 Å². The quantitative estimate of drug-likeness (QED) is 0.563. The Morgan fingerprint density at radius 1 is 1.17 bits per heavy atom. The highest BCUT2D eigenvalue weighted by atomic mass is 19.1. The third kappa shape index (κ3) is 7.32. The summed E-state index contributed by atoms with van der Waals surface area (Å²) >= 11 is 0. The van der Waals surface area contributed by atoms with Crippen molar-refractivity contribution in [3.63, 3.8) is 0 Å². The van der Waals surface area contributed by atoms with Gasteiger partial charge in [0.1, 0.15) is 12.0 Å². The van der Waals surface area contributed by atoms with Crippen molar-refractivity contribution in [2.45, 2.75) is 50.9 Å². The van der Waals surface area contributed by atoms with Crippen molar-refractivity contribution in [3.05, 3.63) is 65.5 Å². The molecule has 0 aromatic heterocycles. The molecule has 35 heavy (non-hydrogen) atoms. The van der Waals surface area contributed by atoms with Gasteiger partial charge in [0.2, 0.25) is 0 Å². The van der Waals surface area contributed by atoms with Crippen molar-refractivity contribution in [2.75, 3.05) is 31.6 Å². The molecule has 0 bridgehead atoms. The molecule has 4 unspecified atom stereocenters. The zero-order chi connectivity index (χ0) is 24.8. The predicted octanol–water partition coefficient (Wildman–Crippen LogP) is 4.60. The van der Waals surface area contributed by atoms with Gasteiger partial charge in [-0.3, -0.25) is 4.79 Å². The fraction of sp³-hybridized carbons (Fsp3) is 0.481. The Hall–Kier alpha value is -2.84. The lowest BCUT2D eigenvalue weighted by Gasteiger charge is -2.39. The van der Waals surface area contributed by atoms with E-state index in [9.17, 15) is 18.4 Å². The monoisotopic (exact) mass is 485 g/mol. The Bertz CT molecular complexity index is 1020. The molecule has 2 aliphatic heterocycles. The number of carbonyl (C=O) groups is 2. The summed E-state index contributed by atoms with van der Waals surface area (Å²) in [5.74, 6) is 0.137. The van der Waals surface area contributed by atoms with Gasteiger partial charge >= 0.3 is 6.03 Å². The van der Waals surface area contributed by atoms with Crippen LogP contribution >= 0.6 is 0 Å². The van der Waals surface area contributed by atoms with E-state index in [2.05, 4.69) is 15.5 Å². The van der Waals surface area contributed by atoms with Gasteiger partial charge in [-0.1, -0.05) is 24.3 Å². The van der Waals surface area contributed by atoms with E-state index >= 15 is 0 Å². The number of likely N-dealkylation sites (tertiary alicyclic amines) is 1. The number of ketones is 1. The number of urea groups is 1. The summed E-state index contributed by atoms with van der Waals surface area (Å²) in [4.78, 5) is 26.6. The molecule has 4 atom stereocenters. The molecule has 2 aromatic carbocycles. The summed E-state index contributed by atoms with van der Waals surface area (Å²) in [6, 6.07) is 12.5. The molecule has 2 aliphatic rings. The van der Waals surface area contributed by atoms with Crippen molar-refractivity contribution in [1.82, 2.24) is 10.2 Å². The Morgan fingerprint density at radius 2 is 1.97 bits per heavy atom. The number of ether oxygens (including phenoxy) is 1. The summed E-state index contributed by atoms with van der Waals surface area (Å²) in [6.07, 6.45) is 1.78. The van der Waals surface area contributed by atoms with E-state index in [0.29, 0.717) is 23.7 Å². The SMILES string of the molecule is CC(=O)c1cccc(NC(=O)NC2CC(F)COC2CN2CCCC(Cc3ccc(F)cc3)C2)c1. The van der Waals surface area contributed by atoms with Crippen LogP contribution in [0.5, 0.6) is 0 Å². The minimum Gasteiger partial charge on any atom is -0.372 e. The molecule has 4 rings (SSSR count). The van der Waals surface area contributed by atoms with Crippen LogP contribution in [0.2, 0.25) is 0 Å². The van der Waals surface area contributed by atoms with Gasteiger partial charge < -0.3 is 20.3 Å². The molecule has 0 aliphatic carbocycles. The molecule has 2 saturated heterocycles. The number of anilines is 1. The van der Waals surface area contributed by atoms with Gasteiger partial charge in [0.05, 0.1) is 18.8 Å². The van der Waals surface area contributed by atoms with Gasteiger partial charge in [-0.25, -0.2) is 13.6 Å². The highest BCUT2D eigenvalue weighted by Gasteiger charge is 2.34. The molecule has 8 heteroatoms. The van der Waals surface area contributed by atoms with Crippen LogP contribution in [0.1, 0.15) is 42.1 Å². The zero-order valence-electron chi connectivity index (χ0n) is 20.0. The number of halogens is 2. The lowest BCUT2D eigenvalue weighted by atomic mass is 9.90. The number of carbonyl (C=O) groups excluding carboxylic acids is 2. The first-order valence-electron chi connectivity index (χ1n) is 12.3. The van der Waals surface area contributed by atoms with Crippen molar-refractivity contribution in [1.29, 1.82) is 0 Å². The van der Waals surface area contributed by atoms with E-state index in [1.807, 2.05) is 12.1 Å². The second-order valence-electron chi connectivity index (χ2n) is 9.65. The summed E-state index contributed by atoms with van der Waals surface area (Å²) in [7, 11) is 0. The van der Waals surface area contributed by atoms with Crippen molar-refractivity contribution >= 4 is 17.5 Å². The standard InChI is InChI=1S/C27H33F2N3O3/c1-18(33)21-5-2-6-24(13-21)30-27(34)31-25-14-23(29)17-35-26(25)16-32-11-3-4-20(15-32)12-19-7-9-22(28)10-8-19/h2,5-10,13,20,23,25-26H,3-4,11-12,14-17H2,1H3,(H2,30,31,34). The first-order valence-corrected chi connectivity index (χ1v) is 12.3. The normalized spacial score (nSPS) is 25.1. The maximum Gasteiger partial charge on any atom is 0.319 e. The molecule has 0 radical (unpaired) electrons. The van der Waals surface area contributed by atoms with E-state index in [1.54, 1.807) is 24.3 Å². The largest absolute Gasteiger partial charge is 0.372 e. The molecule has 6 nitrogen and oxygen atoms in total. The van der Waals surface area contributed by atoms with Crippen LogP contribution in [0.4, 0.5) is 19.3 Å². The zero-order valence-corrected chi connectivity index (χ0v) is 20.0. The summed E-state index contributed by atoms with van der Waals surface area (Å²) in [6.45, 7) is 3.91. The second-order valence-corrected chi connectivity index (χ2v) is 9.65. The lowest BCUT2D eigenvalue weighted by Crippen LogP contribution is -2.55. The topological polar surface area (TPSA) is 70.7 Å². The van der Waals surface area contributed by atoms with E-state index in [-0.39, 0.29) is 30.7 Å². The Balaban J connectivity index is 1.33. The number of nitrogens with one attached hydrogen (secondary N) is 2. The van der Waals surface area contributed by atoms with Gasteiger partial charge in [0.25, 0.3) is 0 Å². The van der Waals surface area contributed by atoms with Crippen LogP contribution < -0.4 is 10.6 Å². The Morgan fingerprint density at radius 3 is 2.74 bits per heavy atom. The average Bonchev–Trinajstić information content (AvgIpc) is 2.83. The van der Waals surface area contributed by atoms with Crippen LogP contribution in [0, 0.1) is 11.7 Å². The number of nitrogens with zero attached hydrogens (tertiary/aromatic N) is 1. The third-order valence-electron chi connectivity index (χ3n) is 6.77. The molecule has 0 spiro atoms. The molecule has 2 aromatic rings. The number of alkyl halides is 1. The van der Waals surface area contributed by atoms with E-state index in [1.165, 1.54) is 19.1 Å². The minimum absolute atomic E-state index is 0.0258. The summed E-state index contributed by atoms with van der Waals surface area (Å²) < 4.78 is 33.2. The molecule has 0 saturated carbocycles. The third-order valence-corrected chi connectivity index (χ3v) is 6.77. The van der Waals surface area contributed by atoms with E-state index < -0.39 is 18.2 Å².